The summed E-state index contributed by atoms with van der Waals surface area (Å²) in [5, 5.41) is 14.3. The van der Waals surface area contributed by atoms with E-state index in [1.54, 1.807) is 26.7 Å². The van der Waals surface area contributed by atoms with Crippen LogP contribution in [0, 0.1) is 0 Å². The Morgan fingerprint density at radius 3 is 2.49 bits per heavy atom. The number of nitrogens with zero attached hydrogens (tertiary/aromatic N) is 1. The lowest BCUT2D eigenvalue weighted by Gasteiger charge is -2.26. The van der Waals surface area contributed by atoms with Crippen LogP contribution in [0.25, 0.3) is 0 Å². The molecule has 0 saturated carbocycles. The standard InChI is InChI=1S/C25H28F3N3O6/c1-24(2,3)37-23(36)29-11-5-10-19(22(34)35)30-21(33)18-9-6-12-31(20(18)15-32)14-16-7-4-8-17(13-16)25(26,27)28/h4,6-9,12-13,19H,5,10-11,14H2,1-3H3,(H,29,36)(H,30,33)(H,34,35). The largest absolute Gasteiger partial charge is 0.480 e. The number of carboxylic acid groups (broad SMARTS) is 1. The van der Waals surface area contributed by atoms with Crippen molar-refractivity contribution in [1.29, 1.82) is 0 Å². The highest BCUT2D eigenvalue weighted by Gasteiger charge is 2.31. The van der Waals surface area contributed by atoms with Gasteiger partial charge >= 0.3 is 18.2 Å². The number of alkyl halides is 3. The van der Waals surface area contributed by atoms with Crippen molar-refractivity contribution in [1.82, 2.24) is 15.5 Å². The van der Waals surface area contributed by atoms with Crippen molar-refractivity contribution >= 4 is 23.9 Å². The summed E-state index contributed by atoms with van der Waals surface area (Å²) in [6, 6.07) is 3.19. The fraction of sp³-hybridized carbons (Fsp3) is 0.400. The van der Waals surface area contributed by atoms with Crippen LogP contribution in [0.1, 0.15) is 44.7 Å². The van der Waals surface area contributed by atoms with Gasteiger partial charge in [-0.2, -0.15) is 13.2 Å². The van der Waals surface area contributed by atoms with E-state index in [2.05, 4.69) is 10.6 Å². The number of hydrogen-bond donors (Lipinski definition) is 3. The molecule has 3 N–H and O–H groups in total. The van der Waals surface area contributed by atoms with Crippen LogP contribution in [0.5, 0.6) is 0 Å². The Morgan fingerprint density at radius 1 is 1.19 bits per heavy atom. The third kappa shape index (κ3) is 9.16. The summed E-state index contributed by atoms with van der Waals surface area (Å²) in [4.78, 5) is 49.1. The summed E-state index contributed by atoms with van der Waals surface area (Å²) in [5.74, 6) is -0.578. The molecule has 200 valence electrons. The minimum absolute atomic E-state index is 0.0337. The topological polar surface area (TPSA) is 125 Å². The van der Waals surface area contributed by atoms with Gasteiger partial charge in [-0.15, -0.1) is 0 Å². The van der Waals surface area contributed by atoms with Crippen LogP contribution < -0.4 is 10.6 Å². The van der Waals surface area contributed by atoms with Gasteiger partial charge in [-0.25, -0.2) is 14.4 Å². The Labute approximate surface area is 211 Å². The van der Waals surface area contributed by atoms with Crippen molar-refractivity contribution in [2.24, 2.45) is 0 Å². The van der Waals surface area contributed by atoms with Crippen molar-refractivity contribution in [3.8, 4) is 0 Å². The molecule has 1 atom stereocenters. The van der Waals surface area contributed by atoms with Gasteiger partial charge in [0.15, 0.2) is 5.94 Å². The zero-order valence-corrected chi connectivity index (χ0v) is 20.5. The Bertz CT molecular complexity index is 1130. The second kappa shape index (κ2) is 12.3. The number of benzene rings is 1. The van der Waals surface area contributed by atoms with E-state index in [-0.39, 0.29) is 42.8 Å². The predicted octanol–water partition coefficient (Wildman–Crippen LogP) is 3.55. The number of halogens is 3. The third-order valence-electron chi connectivity index (χ3n) is 4.96. The van der Waals surface area contributed by atoms with E-state index >= 15 is 0 Å². The van der Waals surface area contributed by atoms with Gasteiger partial charge in [0.25, 0.3) is 5.91 Å². The molecule has 1 unspecified atom stereocenters. The summed E-state index contributed by atoms with van der Waals surface area (Å²) in [5.41, 5.74) is -1.77. The van der Waals surface area contributed by atoms with Gasteiger partial charge in [0.05, 0.1) is 11.1 Å². The number of alkyl carbamates (subject to hydrolysis) is 1. The van der Waals surface area contributed by atoms with E-state index in [0.717, 1.165) is 12.1 Å². The number of ether oxygens (including phenoxy) is 1. The normalized spacial score (nSPS) is 14.4. The van der Waals surface area contributed by atoms with Gasteiger partial charge in [0.2, 0.25) is 0 Å². The summed E-state index contributed by atoms with van der Waals surface area (Å²) < 4.78 is 44.2. The lowest BCUT2D eigenvalue weighted by atomic mass is 10.0. The SMILES string of the molecule is CC(C)(C)OC(=O)NCCCC(NC(=O)C1=CC=CN(Cc2cccc(C(F)(F)F)c2)C1=C=O)C(=O)O. The van der Waals surface area contributed by atoms with Gasteiger partial charge in [-0.05, 0) is 63.5 Å². The maximum atomic E-state index is 13.0. The van der Waals surface area contributed by atoms with Gasteiger partial charge in [-0.3, -0.25) is 4.79 Å². The molecule has 0 aromatic heterocycles. The van der Waals surface area contributed by atoms with Gasteiger partial charge in [-0.1, -0.05) is 12.1 Å². The maximum Gasteiger partial charge on any atom is 0.416 e. The average Bonchev–Trinajstić information content (AvgIpc) is 2.79. The number of rotatable bonds is 9. The Kier molecular flexibility index (Phi) is 9.67. The first kappa shape index (κ1) is 29.2. The quantitative estimate of drug-likeness (QED) is 0.334. The highest BCUT2D eigenvalue weighted by Crippen LogP contribution is 2.30. The van der Waals surface area contributed by atoms with Crippen molar-refractivity contribution in [3.63, 3.8) is 0 Å². The zero-order chi connectivity index (χ0) is 27.8. The van der Waals surface area contributed by atoms with Crippen LogP contribution in [0.15, 0.2) is 53.9 Å². The number of nitrogens with one attached hydrogen (secondary N) is 2. The molecule has 0 saturated heterocycles. The molecule has 1 heterocycles. The predicted molar refractivity (Wildman–Crippen MR) is 126 cm³/mol. The molecule has 0 aliphatic carbocycles. The van der Waals surface area contributed by atoms with Crippen LogP contribution in [-0.4, -0.2) is 52.1 Å². The number of aliphatic carboxylic acids is 1. The molecule has 0 bridgehead atoms. The third-order valence-corrected chi connectivity index (χ3v) is 4.96. The van der Waals surface area contributed by atoms with E-state index in [4.69, 9.17) is 4.74 Å². The lowest BCUT2D eigenvalue weighted by molar-refractivity contribution is -0.141. The molecule has 37 heavy (non-hydrogen) atoms. The van der Waals surface area contributed by atoms with Crippen molar-refractivity contribution < 1.29 is 42.2 Å². The van der Waals surface area contributed by atoms with E-state index in [0.29, 0.717) is 0 Å². The number of amides is 2. The van der Waals surface area contributed by atoms with E-state index < -0.39 is 41.4 Å². The smallest absolute Gasteiger partial charge is 0.416 e. The summed E-state index contributed by atoms with van der Waals surface area (Å²) in [6.07, 6.45) is -0.957. The van der Waals surface area contributed by atoms with Crippen LogP contribution >= 0.6 is 0 Å². The molecule has 2 rings (SSSR count). The van der Waals surface area contributed by atoms with Gasteiger partial charge in [0, 0.05) is 19.3 Å². The van der Waals surface area contributed by atoms with E-state index in [9.17, 15) is 37.5 Å². The molecule has 2 amide bonds. The van der Waals surface area contributed by atoms with E-state index in [1.165, 1.54) is 35.4 Å². The lowest BCUT2D eigenvalue weighted by Crippen LogP contribution is -2.43. The maximum absolute atomic E-state index is 13.0. The Balaban J connectivity index is 2.02. The fourth-order valence-electron chi connectivity index (χ4n) is 3.33. The highest BCUT2D eigenvalue weighted by atomic mass is 19.4. The van der Waals surface area contributed by atoms with Crippen molar-refractivity contribution in [3.05, 3.63) is 65.0 Å². The van der Waals surface area contributed by atoms with Crippen molar-refractivity contribution in [2.45, 2.75) is 58.0 Å². The van der Waals surface area contributed by atoms with Crippen molar-refractivity contribution in [2.75, 3.05) is 6.54 Å². The second-order valence-electron chi connectivity index (χ2n) is 9.13. The minimum atomic E-state index is -4.55. The first-order valence-electron chi connectivity index (χ1n) is 11.3. The summed E-state index contributed by atoms with van der Waals surface area (Å²) in [6.45, 7) is 5.03. The molecule has 0 radical (unpaired) electrons. The molecule has 1 aliphatic rings. The number of carbonyl (C=O) groups excluding carboxylic acids is 3. The van der Waals surface area contributed by atoms with Gasteiger partial charge in [0.1, 0.15) is 17.3 Å². The zero-order valence-electron chi connectivity index (χ0n) is 20.5. The number of carbonyl (C=O) groups is 3. The summed E-state index contributed by atoms with van der Waals surface area (Å²) >= 11 is 0. The molecular weight excluding hydrogens is 495 g/mol. The molecule has 1 aromatic rings. The first-order chi connectivity index (χ1) is 17.2. The van der Waals surface area contributed by atoms with E-state index in [1.807, 2.05) is 0 Å². The molecule has 9 nitrogen and oxygen atoms in total. The van der Waals surface area contributed by atoms with Crippen LogP contribution in [0.2, 0.25) is 0 Å². The molecule has 12 heteroatoms. The molecule has 0 fully saturated rings. The average molecular weight is 524 g/mol. The monoisotopic (exact) mass is 523 g/mol. The minimum Gasteiger partial charge on any atom is -0.480 e. The Hall–Kier alpha value is -4.05. The molecule has 0 spiro atoms. The molecular formula is C25H28F3N3O6. The van der Waals surface area contributed by atoms with Crippen LogP contribution in [0.3, 0.4) is 0 Å². The number of hydrogen-bond acceptors (Lipinski definition) is 6. The fourth-order valence-corrected chi connectivity index (χ4v) is 3.33. The first-order valence-corrected chi connectivity index (χ1v) is 11.3. The molecule has 1 aliphatic heterocycles. The summed E-state index contributed by atoms with van der Waals surface area (Å²) in [7, 11) is 0. The molecule has 1 aromatic carbocycles. The highest BCUT2D eigenvalue weighted by molar-refractivity contribution is 6.02. The Morgan fingerprint density at radius 2 is 1.89 bits per heavy atom. The number of carboxylic acids is 1. The second-order valence-corrected chi connectivity index (χ2v) is 9.13. The van der Waals surface area contributed by atoms with Crippen LogP contribution in [0.4, 0.5) is 18.0 Å². The van der Waals surface area contributed by atoms with Crippen LogP contribution in [-0.2, 0) is 31.8 Å². The number of allylic oxidation sites excluding steroid dienone is 2. The van der Waals surface area contributed by atoms with Gasteiger partial charge < -0.3 is 25.4 Å².